The lowest BCUT2D eigenvalue weighted by Gasteiger charge is -2.38. The van der Waals surface area contributed by atoms with Crippen LogP contribution in [0.25, 0.3) is 11.1 Å². The zero-order valence-electron chi connectivity index (χ0n) is 15.0. The van der Waals surface area contributed by atoms with Crippen LogP contribution in [0.2, 0.25) is 0 Å². The summed E-state index contributed by atoms with van der Waals surface area (Å²) in [7, 11) is 0. The first-order valence-corrected chi connectivity index (χ1v) is 9.49. The third kappa shape index (κ3) is 2.55. The quantitative estimate of drug-likeness (QED) is 0.527. The number of hydrogen-bond donors (Lipinski definition) is 1. The van der Waals surface area contributed by atoms with Crippen LogP contribution in [0.5, 0.6) is 0 Å². The summed E-state index contributed by atoms with van der Waals surface area (Å²) >= 11 is 0. The van der Waals surface area contributed by atoms with Crippen LogP contribution in [0, 0.1) is 12.8 Å². The number of anilines is 1. The Balaban J connectivity index is 1.56. The predicted molar refractivity (Wildman–Crippen MR) is 109 cm³/mol. The highest BCUT2D eigenvalue weighted by molar-refractivity contribution is 5.71. The highest BCUT2D eigenvalue weighted by Crippen LogP contribution is 2.50. The molecule has 26 heavy (non-hydrogen) atoms. The Kier molecular flexibility index (Phi) is 3.67. The molecule has 0 radical (unpaired) electrons. The van der Waals surface area contributed by atoms with E-state index in [-0.39, 0.29) is 0 Å². The molecule has 1 nitrogen and oxygen atoms in total. The number of rotatable bonds is 2. The molecule has 0 unspecified atom stereocenters. The number of fused-ring (bicyclic) bond motifs is 3. The van der Waals surface area contributed by atoms with Gasteiger partial charge in [-0.15, -0.1) is 0 Å². The summed E-state index contributed by atoms with van der Waals surface area (Å²) in [6.45, 7) is 2.15. The number of hydrogen-bond acceptors (Lipinski definition) is 1. The molecule has 0 spiro atoms. The van der Waals surface area contributed by atoms with Gasteiger partial charge in [0.15, 0.2) is 0 Å². The minimum absolute atomic E-state index is 0.380. The summed E-state index contributed by atoms with van der Waals surface area (Å²) < 4.78 is 0. The van der Waals surface area contributed by atoms with E-state index in [9.17, 15) is 0 Å². The van der Waals surface area contributed by atoms with Gasteiger partial charge in [0.05, 0.1) is 6.04 Å². The number of aryl methyl sites for hydroxylation is 1. The van der Waals surface area contributed by atoms with E-state index in [1.165, 1.54) is 33.5 Å². The SMILES string of the molecule is Cc1ccc([C@@H]2Nc3ccc(-c4ccccc4)cc3[C@H]3C=CC[C@@H]32)cc1. The van der Waals surface area contributed by atoms with Crippen molar-refractivity contribution in [2.75, 3.05) is 5.32 Å². The second-order valence-corrected chi connectivity index (χ2v) is 7.55. The van der Waals surface area contributed by atoms with Crippen LogP contribution in [-0.4, -0.2) is 0 Å². The average molecular weight is 337 g/mol. The first-order valence-electron chi connectivity index (χ1n) is 9.49. The maximum absolute atomic E-state index is 3.84. The third-order valence-electron chi connectivity index (χ3n) is 5.91. The molecule has 0 aromatic heterocycles. The van der Waals surface area contributed by atoms with Gasteiger partial charge < -0.3 is 5.32 Å². The molecular weight excluding hydrogens is 314 g/mol. The van der Waals surface area contributed by atoms with Crippen LogP contribution in [0.1, 0.15) is 35.1 Å². The monoisotopic (exact) mass is 337 g/mol. The van der Waals surface area contributed by atoms with Gasteiger partial charge in [-0.05, 0) is 53.6 Å². The molecule has 0 amide bonds. The number of allylic oxidation sites excluding steroid dienone is 2. The summed E-state index contributed by atoms with van der Waals surface area (Å²) in [4.78, 5) is 0. The van der Waals surface area contributed by atoms with E-state index in [0.717, 1.165) is 6.42 Å². The highest BCUT2D eigenvalue weighted by Gasteiger charge is 2.37. The molecule has 1 heteroatoms. The van der Waals surface area contributed by atoms with Crippen molar-refractivity contribution < 1.29 is 0 Å². The van der Waals surface area contributed by atoms with E-state index in [1.807, 2.05) is 0 Å². The maximum atomic E-state index is 3.84. The van der Waals surface area contributed by atoms with Crippen molar-refractivity contribution in [2.24, 2.45) is 5.92 Å². The molecule has 128 valence electrons. The summed E-state index contributed by atoms with van der Waals surface area (Å²) in [6.07, 6.45) is 5.92. The summed E-state index contributed by atoms with van der Waals surface area (Å²) in [5.74, 6) is 1.09. The second kappa shape index (κ2) is 6.17. The zero-order chi connectivity index (χ0) is 17.5. The van der Waals surface area contributed by atoms with Crippen molar-refractivity contribution in [1.82, 2.24) is 0 Å². The van der Waals surface area contributed by atoms with Crippen LogP contribution in [0.3, 0.4) is 0 Å². The van der Waals surface area contributed by atoms with Crippen molar-refractivity contribution in [2.45, 2.75) is 25.3 Å². The Labute approximate surface area is 155 Å². The van der Waals surface area contributed by atoms with Gasteiger partial charge in [0, 0.05) is 11.6 Å². The molecule has 1 aliphatic heterocycles. The lowest BCUT2D eigenvalue weighted by Crippen LogP contribution is -2.29. The van der Waals surface area contributed by atoms with Crippen LogP contribution in [0.4, 0.5) is 5.69 Å². The highest BCUT2D eigenvalue weighted by atomic mass is 15.0. The summed E-state index contributed by atoms with van der Waals surface area (Å²) in [5.41, 5.74) is 8.02. The van der Waals surface area contributed by atoms with Gasteiger partial charge in [-0.2, -0.15) is 0 Å². The Morgan fingerprint density at radius 1 is 0.846 bits per heavy atom. The molecule has 1 aliphatic carbocycles. The molecule has 5 rings (SSSR count). The molecule has 1 N–H and O–H groups in total. The summed E-state index contributed by atoms with van der Waals surface area (Å²) in [6, 6.07) is 27.0. The third-order valence-corrected chi connectivity index (χ3v) is 5.91. The minimum atomic E-state index is 0.380. The largest absolute Gasteiger partial charge is 0.378 e. The predicted octanol–water partition coefficient (Wildman–Crippen LogP) is 6.49. The van der Waals surface area contributed by atoms with Gasteiger partial charge in [-0.3, -0.25) is 0 Å². The molecule has 1 heterocycles. The second-order valence-electron chi connectivity index (χ2n) is 7.55. The Morgan fingerprint density at radius 3 is 2.46 bits per heavy atom. The van der Waals surface area contributed by atoms with Gasteiger partial charge in [0.2, 0.25) is 0 Å². The van der Waals surface area contributed by atoms with Crippen LogP contribution >= 0.6 is 0 Å². The van der Waals surface area contributed by atoms with Gasteiger partial charge >= 0.3 is 0 Å². The molecule has 0 saturated heterocycles. The smallest absolute Gasteiger partial charge is 0.0553 e. The van der Waals surface area contributed by atoms with Crippen LogP contribution in [0.15, 0.2) is 84.9 Å². The lowest BCUT2D eigenvalue weighted by molar-refractivity contribution is 0.425. The zero-order valence-corrected chi connectivity index (χ0v) is 15.0. The normalized spacial score (nSPS) is 23.2. The molecule has 3 aromatic carbocycles. The number of benzene rings is 3. The number of nitrogens with one attached hydrogen (secondary N) is 1. The average Bonchev–Trinajstić information content (AvgIpc) is 3.19. The van der Waals surface area contributed by atoms with Gasteiger partial charge in [-0.25, -0.2) is 0 Å². The molecule has 0 fully saturated rings. The van der Waals surface area contributed by atoms with E-state index in [1.54, 1.807) is 0 Å². The first kappa shape index (κ1) is 15.5. The summed E-state index contributed by atoms with van der Waals surface area (Å²) in [5, 5.41) is 3.84. The molecule has 2 aliphatic rings. The van der Waals surface area contributed by atoms with Crippen molar-refractivity contribution in [3.05, 3.63) is 102 Å². The fraction of sp³-hybridized carbons (Fsp3) is 0.200. The van der Waals surface area contributed by atoms with Crippen LogP contribution < -0.4 is 5.32 Å². The molecule has 3 aromatic rings. The Bertz CT molecular complexity index is 953. The van der Waals surface area contributed by atoms with Gasteiger partial charge in [0.25, 0.3) is 0 Å². The fourth-order valence-corrected chi connectivity index (χ4v) is 4.51. The topological polar surface area (TPSA) is 12.0 Å². The van der Waals surface area contributed by atoms with E-state index in [0.29, 0.717) is 17.9 Å². The maximum Gasteiger partial charge on any atom is 0.0553 e. The minimum Gasteiger partial charge on any atom is -0.378 e. The van der Waals surface area contributed by atoms with E-state index in [2.05, 4.69) is 97.2 Å². The van der Waals surface area contributed by atoms with Crippen molar-refractivity contribution in [3.63, 3.8) is 0 Å². The van der Waals surface area contributed by atoms with E-state index < -0.39 is 0 Å². The molecular formula is C25H23N. The van der Waals surface area contributed by atoms with Crippen molar-refractivity contribution in [3.8, 4) is 11.1 Å². The van der Waals surface area contributed by atoms with Gasteiger partial charge in [0.1, 0.15) is 0 Å². The molecule has 0 saturated carbocycles. The Hall–Kier alpha value is -2.80. The van der Waals surface area contributed by atoms with Gasteiger partial charge in [-0.1, -0.05) is 78.4 Å². The van der Waals surface area contributed by atoms with E-state index >= 15 is 0 Å². The fourth-order valence-electron chi connectivity index (χ4n) is 4.51. The van der Waals surface area contributed by atoms with Crippen LogP contribution in [-0.2, 0) is 0 Å². The lowest BCUT2D eigenvalue weighted by atomic mass is 9.76. The Morgan fingerprint density at radius 2 is 1.65 bits per heavy atom. The molecule has 0 bridgehead atoms. The van der Waals surface area contributed by atoms with Crippen molar-refractivity contribution in [1.29, 1.82) is 0 Å². The van der Waals surface area contributed by atoms with Crippen molar-refractivity contribution >= 4 is 5.69 Å². The first-order chi connectivity index (χ1) is 12.8. The standard InChI is InChI=1S/C25H23N/c1-17-10-12-19(13-11-17)25-22-9-5-8-21(22)23-16-20(14-15-24(23)26-25)18-6-3-2-4-7-18/h2-8,10-16,21-22,25-26H,9H2,1H3/t21-,22-,25-/m0/s1. The van der Waals surface area contributed by atoms with E-state index in [4.69, 9.17) is 0 Å². The molecule has 3 atom stereocenters.